The van der Waals surface area contributed by atoms with E-state index in [0.29, 0.717) is 0 Å². The second-order valence-electron chi connectivity index (χ2n) is 2.33. The van der Waals surface area contributed by atoms with Gasteiger partial charge in [-0.25, -0.2) is 8.78 Å². The molecule has 8 heteroatoms. The molecule has 0 aliphatic heterocycles. The van der Waals surface area contributed by atoms with E-state index in [0.717, 1.165) is 0 Å². The summed E-state index contributed by atoms with van der Waals surface area (Å²) in [6, 6.07) is 0. The Labute approximate surface area is 80.0 Å². The van der Waals surface area contributed by atoms with Gasteiger partial charge in [0.15, 0.2) is 0 Å². The van der Waals surface area contributed by atoms with Gasteiger partial charge in [-0.1, -0.05) is 11.6 Å². The molecule has 82 valence electrons. The Balaban J connectivity index is 4.64. The van der Waals surface area contributed by atoms with Crippen LogP contribution < -0.4 is 5.11 Å². The van der Waals surface area contributed by atoms with Crippen LogP contribution >= 0.6 is 11.6 Å². The lowest BCUT2D eigenvalue weighted by Crippen LogP contribution is -2.27. The highest BCUT2D eigenvalue weighted by Crippen LogP contribution is 2.33. The fourth-order valence-electron chi connectivity index (χ4n) is 0.563. The Morgan fingerprint density at radius 3 is 2.00 bits per heavy atom. The van der Waals surface area contributed by atoms with Gasteiger partial charge in [0.2, 0.25) is 0 Å². The fraction of sp³-hybridized carbons (Fsp3) is 0.500. The van der Waals surface area contributed by atoms with Crippen molar-refractivity contribution >= 4 is 17.6 Å². The van der Waals surface area contributed by atoms with Crippen molar-refractivity contribution in [3.8, 4) is 0 Å². The molecule has 14 heavy (non-hydrogen) atoms. The molecule has 2 nitrogen and oxygen atoms in total. The van der Waals surface area contributed by atoms with Crippen LogP contribution in [-0.4, -0.2) is 18.1 Å². The number of rotatable bonds is 3. The molecule has 0 atom stereocenters. The number of allylic oxidation sites excluding steroid dienone is 1. The fourth-order valence-corrected chi connectivity index (χ4v) is 0.722. The van der Waals surface area contributed by atoms with Gasteiger partial charge in [-0.15, -0.1) is 0 Å². The Hall–Kier alpha value is -0.850. The van der Waals surface area contributed by atoms with Gasteiger partial charge < -0.3 is 9.90 Å². The first kappa shape index (κ1) is 13.2. The number of carboxylic acid groups (broad SMARTS) is 1. The molecule has 0 radical (unpaired) electrons. The van der Waals surface area contributed by atoms with Crippen molar-refractivity contribution in [3.05, 3.63) is 11.1 Å². The van der Waals surface area contributed by atoms with Gasteiger partial charge >= 0.3 is 6.18 Å². The monoisotopic (exact) mass is 237 g/mol. The lowest BCUT2D eigenvalue weighted by molar-refractivity contribution is -0.298. The van der Waals surface area contributed by atoms with Crippen molar-refractivity contribution in [1.82, 2.24) is 0 Å². The number of carbonyl (C=O) groups is 1. The third kappa shape index (κ3) is 5.74. The highest BCUT2D eigenvalue weighted by Gasteiger charge is 2.42. The molecule has 0 rings (SSSR count). The number of carboxylic acids is 1. The van der Waals surface area contributed by atoms with Gasteiger partial charge in [0.25, 0.3) is 5.92 Å². The highest BCUT2D eigenvalue weighted by molar-refractivity contribution is 6.40. The van der Waals surface area contributed by atoms with Crippen LogP contribution in [0.4, 0.5) is 22.0 Å². The lowest BCUT2D eigenvalue weighted by atomic mass is 10.2. The minimum absolute atomic E-state index is 0.503. The van der Waals surface area contributed by atoms with E-state index in [1.807, 2.05) is 0 Å². The lowest BCUT2D eigenvalue weighted by Gasteiger charge is -2.14. The summed E-state index contributed by atoms with van der Waals surface area (Å²) in [6.07, 6.45) is -8.08. The molecule has 0 aromatic rings. The van der Waals surface area contributed by atoms with E-state index in [1.54, 1.807) is 0 Å². The Morgan fingerprint density at radius 1 is 1.29 bits per heavy atom. The van der Waals surface area contributed by atoms with Crippen LogP contribution in [0.15, 0.2) is 11.1 Å². The molecule has 0 heterocycles. The van der Waals surface area contributed by atoms with Crippen molar-refractivity contribution in [3.63, 3.8) is 0 Å². The minimum Gasteiger partial charge on any atom is -0.544 e. The quantitative estimate of drug-likeness (QED) is 0.551. The Morgan fingerprint density at radius 2 is 1.71 bits per heavy atom. The van der Waals surface area contributed by atoms with Crippen LogP contribution in [0.2, 0.25) is 0 Å². The zero-order valence-corrected chi connectivity index (χ0v) is 7.12. The van der Waals surface area contributed by atoms with Crippen LogP contribution in [-0.2, 0) is 4.79 Å². The van der Waals surface area contributed by atoms with E-state index in [9.17, 15) is 31.9 Å². The largest absolute Gasteiger partial charge is 0.544 e. The van der Waals surface area contributed by atoms with Crippen molar-refractivity contribution in [1.29, 1.82) is 0 Å². The summed E-state index contributed by atoms with van der Waals surface area (Å²) in [5.74, 6) is -6.51. The van der Waals surface area contributed by atoms with E-state index in [1.165, 1.54) is 0 Å². The smallest absolute Gasteiger partial charge is 0.395 e. The Kier molecular flexibility index (Phi) is 3.87. The molecule has 0 fully saturated rings. The zero-order chi connectivity index (χ0) is 11.6. The van der Waals surface area contributed by atoms with E-state index in [4.69, 9.17) is 0 Å². The second kappa shape index (κ2) is 4.12. The molecular weight excluding hydrogens is 235 g/mol. The van der Waals surface area contributed by atoms with Gasteiger partial charge in [0, 0.05) is 6.08 Å². The summed E-state index contributed by atoms with van der Waals surface area (Å²) in [5, 5.41) is 8.36. The van der Waals surface area contributed by atoms with Crippen LogP contribution in [0, 0.1) is 0 Å². The van der Waals surface area contributed by atoms with Gasteiger partial charge in [-0.3, -0.25) is 0 Å². The molecule has 0 aliphatic carbocycles. The normalized spacial score (nSPS) is 14.3. The Bertz CT molecular complexity index is 257. The first-order chi connectivity index (χ1) is 6.03. The van der Waals surface area contributed by atoms with Gasteiger partial charge in [0.05, 0.1) is 11.0 Å². The molecule has 0 aromatic carbocycles. The van der Waals surface area contributed by atoms with E-state index in [-0.39, 0.29) is 0 Å². The highest BCUT2D eigenvalue weighted by atomic mass is 35.5. The summed E-state index contributed by atoms with van der Waals surface area (Å²) in [5.41, 5.74) is 0. The van der Waals surface area contributed by atoms with Crippen molar-refractivity contribution in [2.75, 3.05) is 0 Å². The number of hydrogen-bond donors (Lipinski definition) is 0. The maximum atomic E-state index is 12.4. The summed E-state index contributed by atoms with van der Waals surface area (Å²) in [7, 11) is 0. The summed E-state index contributed by atoms with van der Waals surface area (Å²) in [4.78, 5) is 9.82. The second-order valence-corrected chi connectivity index (χ2v) is 2.74. The predicted molar refractivity (Wildman–Crippen MR) is 34.6 cm³/mol. The first-order valence-corrected chi connectivity index (χ1v) is 3.45. The maximum absolute atomic E-state index is 12.4. The van der Waals surface area contributed by atoms with Crippen molar-refractivity contribution in [2.24, 2.45) is 0 Å². The molecular formula is C6H3ClF5O2-. The molecule has 0 spiro atoms. The summed E-state index contributed by atoms with van der Waals surface area (Å²) >= 11 is 4.68. The SMILES string of the molecule is O=C([O-])C(Cl)=CC(F)(F)CC(F)(F)F. The van der Waals surface area contributed by atoms with Crippen LogP contribution in [0.3, 0.4) is 0 Å². The van der Waals surface area contributed by atoms with Crippen LogP contribution in [0.25, 0.3) is 0 Å². The summed E-state index contributed by atoms with van der Waals surface area (Å²) < 4.78 is 59.2. The van der Waals surface area contributed by atoms with Gasteiger partial charge in [-0.05, 0) is 0 Å². The molecule has 0 aliphatic rings. The molecule has 0 saturated heterocycles. The third-order valence-electron chi connectivity index (χ3n) is 0.969. The number of carbonyl (C=O) groups excluding carboxylic acids is 1. The number of hydrogen-bond acceptors (Lipinski definition) is 2. The summed E-state index contributed by atoms with van der Waals surface area (Å²) in [6.45, 7) is 0. The van der Waals surface area contributed by atoms with Crippen molar-refractivity contribution in [2.45, 2.75) is 18.5 Å². The van der Waals surface area contributed by atoms with E-state index >= 15 is 0 Å². The van der Waals surface area contributed by atoms with Gasteiger partial charge in [0.1, 0.15) is 6.42 Å². The number of halogens is 6. The third-order valence-corrected chi connectivity index (χ3v) is 1.23. The van der Waals surface area contributed by atoms with Crippen LogP contribution in [0.5, 0.6) is 0 Å². The number of alkyl halides is 5. The average Bonchev–Trinajstić information content (AvgIpc) is 1.78. The predicted octanol–water partition coefficient (Wildman–Crippen LogP) is 1.45. The molecule has 0 unspecified atom stereocenters. The zero-order valence-electron chi connectivity index (χ0n) is 6.37. The first-order valence-electron chi connectivity index (χ1n) is 3.08. The maximum Gasteiger partial charge on any atom is 0.395 e. The molecule has 0 saturated carbocycles. The molecule has 0 N–H and O–H groups in total. The average molecular weight is 238 g/mol. The van der Waals surface area contributed by atoms with Crippen molar-refractivity contribution < 1.29 is 31.9 Å². The molecule has 0 amide bonds. The number of aliphatic carboxylic acids is 1. The van der Waals surface area contributed by atoms with Crippen LogP contribution in [0.1, 0.15) is 6.42 Å². The van der Waals surface area contributed by atoms with E-state index < -0.39 is 35.6 Å². The topological polar surface area (TPSA) is 40.1 Å². The minimum atomic E-state index is -5.11. The molecule has 0 bridgehead atoms. The van der Waals surface area contributed by atoms with E-state index in [2.05, 4.69) is 11.6 Å². The standard InChI is InChI=1S/C6H4ClF5O2/c7-3(4(13)14)1-5(8,9)2-6(10,11)12/h1H,2H2,(H,13,14)/p-1. The van der Waals surface area contributed by atoms with Gasteiger partial charge in [-0.2, -0.15) is 13.2 Å². The molecule has 0 aromatic heterocycles.